The second kappa shape index (κ2) is 28.7. The van der Waals surface area contributed by atoms with Crippen LogP contribution in [0.5, 0.6) is 0 Å². The molecule has 0 amide bonds. The van der Waals surface area contributed by atoms with E-state index in [4.69, 9.17) is 6.63 Å². The van der Waals surface area contributed by atoms with Crippen LogP contribution >= 0.6 is 70.4 Å². The number of aldehydes is 1. The third kappa shape index (κ3) is 15.5. The number of aromatic nitrogens is 4. The molecule has 9 nitrogen and oxygen atoms in total. The maximum absolute atomic E-state index is 11.6. The molecule has 8 aromatic rings. The summed E-state index contributed by atoms with van der Waals surface area (Å²) in [5, 5.41) is 15.2. The Morgan fingerprint density at radius 2 is 1.19 bits per heavy atom. The number of alkyl halides is 2. The first-order valence-electron chi connectivity index (χ1n) is 17.5. The summed E-state index contributed by atoms with van der Waals surface area (Å²) in [6, 6.07) is 32.7. The Morgan fingerprint density at radius 1 is 0.746 bits per heavy atom. The van der Waals surface area contributed by atoms with Crippen LogP contribution in [0, 0.1) is 18.8 Å². The number of aryl methyl sites for hydroxylation is 3. The van der Waals surface area contributed by atoms with E-state index < -0.39 is 7.15 Å². The van der Waals surface area contributed by atoms with Gasteiger partial charge in [0.05, 0.1) is 14.6 Å². The molecule has 0 spiro atoms. The summed E-state index contributed by atoms with van der Waals surface area (Å²) >= 11 is 12.5. The van der Waals surface area contributed by atoms with E-state index in [0.29, 0.717) is 16.3 Å². The van der Waals surface area contributed by atoms with Gasteiger partial charge in [-0.1, -0.05) is 107 Å². The molecule has 0 atom stereocenters. The minimum absolute atomic E-state index is 0. The van der Waals surface area contributed by atoms with Crippen LogP contribution in [0.15, 0.2) is 157 Å². The van der Waals surface area contributed by atoms with E-state index in [1.54, 1.807) is 67.6 Å². The molecule has 0 saturated carbocycles. The van der Waals surface area contributed by atoms with Crippen LogP contribution in [0.3, 0.4) is 0 Å². The number of fused-ring (bicyclic) bond motifs is 4. The smallest absolute Gasteiger partial charge is 0.258 e. The fraction of sp³-hybridized carbons (Fsp3) is 0.133. The van der Waals surface area contributed by atoms with Crippen LogP contribution in [-0.4, -0.2) is 38.0 Å². The van der Waals surface area contributed by atoms with Crippen molar-refractivity contribution in [1.82, 2.24) is 14.1 Å². The molecule has 0 radical (unpaired) electrons. The van der Waals surface area contributed by atoms with Gasteiger partial charge in [0.1, 0.15) is 7.05 Å². The van der Waals surface area contributed by atoms with Crippen molar-refractivity contribution in [2.75, 3.05) is 12.1 Å². The minimum Gasteiger partial charge on any atom is -0.412 e. The van der Waals surface area contributed by atoms with E-state index in [9.17, 15) is 18.8 Å². The third-order valence-electron chi connectivity index (χ3n) is 7.88. The Balaban J connectivity index is 0.000000724. The largest absolute Gasteiger partial charge is 0.412 e. The van der Waals surface area contributed by atoms with Crippen LogP contribution in [0.2, 0.25) is 0 Å². The highest BCUT2D eigenvalue weighted by atomic mass is 127. The van der Waals surface area contributed by atoms with Gasteiger partial charge in [0.2, 0.25) is 0 Å². The van der Waals surface area contributed by atoms with E-state index in [2.05, 4.69) is 104 Å². The molecule has 0 unspecified atom stereocenters. The van der Waals surface area contributed by atoms with Gasteiger partial charge < -0.3 is 22.0 Å². The molecule has 310 valence electrons. The zero-order chi connectivity index (χ0) is 43.2. The highest BCUT2D eigenvalue weighted by Crippen LogP contribution is 2.23. The van der Waals surface area contributed by atoms with Gasteiger partial charge in [-0.05, 0) is 70.3 Å². The SMILES string of the molecule is Brc1cccc2cnccc12.CC#N.CI.C[n+]1ccc2c(Br)cccc2c1.Cn1ccc2c(Br)cccc2c1=O.Cn1ccc2c(C=O)cccc2c1=O.O.[2H]CF.[CH3-]. The summed E-state index contributed by atoms with van der Waals surface area (Å²) in [6.45, 7) is 1.43. The molecular formula is C45H46Br3FIN5O4. The highest BCUT2D eigenvalue weighted by Gasteiger charge is 2.04. The second-order valence-electron chi connectivity index (χ2n) is 11.5. The number of hydrogen-bond acceptors (Lipinski definition) is 5. The molecule has 0 fully saturated rings. The van der Waals surface area contributed by atoms with Gasteiger partial charge >= 0.3 is 0 Å². The van der Waals surface area contributed by atoms with Crippen molar-refractivity contribution in [3.63, 3.8) is 0 Å². The average molecular weight is 1110 g/mol. The molecule has 2 N–H and O–H groups in total. The molecule has 0 bridgehead atoms. The van der Waals surface area contributed by atoms with E-state index in [1.165, 1.54) is 33.0 Å². The first-order valence-corrected chi connectivity index (χ1v) is 21.3. The van der Waals surface area contributed by atoms with Gasteiger partial charge in [0.15, 0.2) is 18.7 Å². The summed E-state index contributed by atoms with van der Waals surface area (Å²) in [4.78, 5) is 40.0. The van der Waals surface area contributed by atoms with Crippen molar-refractivity contribution in [2.45, 2.75) is 6.92 Å². The predicted molar refractivity (Wildman–Crippen MR) is 262 cm³/mol. The zero-order valence-electron chi connectivity index (χ0n) is 34.3. The molecule has 0 aliphatic rings. The van der Waals surface area contributed by atoms with Crippen LogP contribution in [0.25, 0.3) is 43.1 Å². The van der Waals surface area contributed by atoms with Crippen molar-refractivity contribution in [3.05, 3.63) is 181 Å². The Kier molecular flexibility index (Phi) is 25.5. The van der Waals surface area contributed by atoms with E-state index in [0.717, 1.165) is 30.5 Å². The Labute approximate surface area is 384 Å². The number of hydrogen-bond donors (Lipinski definition) is 0. The number of benzene rings is 4. The number of pyridine rings is 4. The van der Waals surface area contributed by atoms with Gasteiger partial charge in [-0.25, -0.2) is 4.57 Å². The van der Waals surface area contributed by atoms with Crippen molar-refractivity contribution >= 4 is 120 Å². The lowest BCUT2D eigenvalue weighted by Gasteiger charge is -2.02. The molecule has 4 aromatic heterocycles. The third-order valence-corrected chi connectivity index (χ3v) is 9.96. The van der Waals surface area contributed by atoms with Gasteiger partial charge in [-0.3, -0.25) is 23.8 Å². The first-order chi connectivity index (χ1) is 27.9. The molecule has 0 saturated heterocycles. The van der Waals surface area contributed by atoms with E-state index >= 15 is 0 Å². The molecular weight excluding hydrogens is 1060 g/mol. The molecule has 0 aliphatic carbocycles. The van der Waals surface area contributed by atoms with Crippen molar-refractivity contribution < 1.29 is 20.6 Å². The summed E-state index contributed by atoms with van der Waals surface area (Å²) < 4.78 is 23.9. The Bertz CT molecular complexity index is 2740. The standard InChI is InChI=1S/C11H9NO2.C10H8BrNO.C10H9BrN.C9H6BrN.C2H3N.CH3F.CH3I.CH3.H2O/c1-12-6-5-9-8(7-13)3-2-4-10(9)11(12)14;1-12-6-5-7-8(10(12)13)3-2-4-9(7)11;1-12-6-5-9-8(7-12)3-2-4-10(9)11;10-9-3-1-2-7-6-11-5-4-8(7)9;1-2-3;2*1-2;;/h2-7H,1H3;2-6H,1H3;2-7H,1H3;1-6H;1H3;2*1H3;1H3;1H2/q;;+1;;;;;-1;/i;;;;;1D;;;. The van der Waals surface area contributed by atoms with Crippen molar-refractivity contribution in [3.8, 4) is 6.07 Å². The second-order valence-corrected chi connectivity index (χ2v) is 14.1. The maximum Gasteiger partial charge on any atom is 0.258 e. The molecule has 4 aromatic carbocycles. The maximum atomic E-state index is 11.6. The molecule has 14 heteroatoms. The lowest BCUT2D eigenvalue weighted by Crippen LogP contribution is -2.25. The number of halogens is 5. The van der Waals surface area contributed by atoms with Gasteiger partial charge in [-0.15, -0.1) is 0 Å². The summed E-state index contributed by atoms with van der Waals surface area (Å²) in [5.74, 6) is 0. The summed E-state index contributed by atoms with van der Waals surface area (Å²) in [5.41, 5.74) is 0.519. The number of carbonyl (C=O) groups is 1. The van der Waals surface area contributed by atoms with Crippen LogP contribution in [0.4, 0.5) is 4.39 Å². The Morgan fingerprint density at radius 3 is 1.71 bits per heavy atom. The monoisotopic (exact) mass is 1100 g/mol. The predicted octanol–water partition coefficient (Wildman–Crippen LogP) is 10.9. The molecule has 0 aliphatic heterocycles. The van der Waals surface area contributed by atoms with E-state index in [-0.39, 0.29) is 24.0 Å². The zero-order valence-corrected chi connectivity index (χ0v) is 40.3. The lowest BCUT2D eigenvalue weighted by molar-refractivity contribution is -0.670. The van der Waals surface area contributed by atoms with Gasteiger partial charge in [-0.2, -0.15) is 5.26 Å². The topological polar surface area (TPSA) is 133 Å². The lowest BCUT2D eigenvalue weighted by atomic mass is 10.1. The number of nitrogens with zero attached hydrogens (tertiary/aromatic N) is 5. The normalized spacial score (nSPS) is 9.41. The summed E-state index contributed by atoms with van der Waals surface area (Å²) in [6.07, 6.45) is 12.0. The average Bonchev–Trinajstić information content (AvgIpc) is 3.23. The first kappa shape index (κ1) is 52.4. The van der Waals surface area contributed by atoms with Crippen LogP contribution < -0.4 is 15.7 Å². The fourth-order valence-corrected chi connectivity index (χ4v) is 6.74. The molecule has 4 heterocycles. The Hall–Kier alpha value is -4.66. The minimum atomic E-state index is -1.00. The quantitative estimate of drug-likeness (QED) is 0.0531. The van der Waals surface area contributed by atoms with E-state index in [1.807, 2.05) is 79.0 Å². The van der Waals surface area contributed by atoms with Crippen LogP contribution in [0.1, 0.15) is 18.7 Å². The molecule has 59 heavy (non-hydrogen) atoms. The fourth-order valence-electron chi connectivity index (χ4n) is 5.22. The molecule has 8 rings (SSSR count). The highest BCUT2D eigenvalue weighted by molar-refractivity contribution is 14.1. The van der Waals surface area contributed by atoms with Gasteiger partial charge in [0, 0.05) is 103 Å². The van der Waals surface area contributed by atoms with Gasteiger partial charge in [0.25, 0.3) is 11.1 Å². The summed E-state index contributed by atoms with van der Waals surface area (Å²) in [7, 11) is 4.47. The van der Waals surface area contributed by atoms with Crippen molar-refractivity contribution in [1.29, 1.82) is 5.26 Å². The number of rotatable bonds is 1. The number of nitriles is 1. The van der Waals surface area contributed by atoms with Crippen LogP contribution in [-0.2, 0) is 21.1 Å². The van der Waals surface area contributed by atoms with Crippen molar-refractivity contribution in [2.24, 2.45) is 21.1 Å². The number of carbonyl (C=O) groups excluding carboxylic acids is 1.